The van der Waals surface area contributed by atoms with Gasteiger partial charge in [0.25, 0.3) is 0 Å². The molecule has 1 heterocycles. The molecule has 1 aromatic carbocycles. The van der Waals surface area contributed by atoms with Crippen LogP contribution in [0.4, 0.5) is 5.69 Å². The summed E-state index contributed by atoms with van der Waals surface area (Å²) in [6, 6.07) is 11.8. The summed E-state index contributed by atoms with van der Waals surface area (Å²) < 4.78 is 5.19. The van der Waals surface area contributed by atoms with Crippen LogP contribution >= 0.6 is 24.0 Å². The molecule has 24 heavy (non-hydrogen) atoms. The standard InChI is InChI=1S/C18H22N4O.HI/c1-23-16-7-4-6-14(11-16)22-18(19)20-12-15-10-9-13-5-2-3-8-17(13)21-15;/h4,6-7,9-11H,2-3,5,8,12H2,1H3,(H3,19,20,22);1H. The Morgan fingerprint density at radius 1 is 1.25 bits per heavy atom. The minimum absolute atomic E-state index is 0. The van der Waals surface area contributed by atoms with Crippen molar-refractivity contribution in [1.29, 1.82) is 0 Å². The number of benzene rings is 1. The van der Waals surface area contributed by atoms with E-state index in [1.54, 1.807) is 7.11 Å². The van der Waals surface area contributed by atoms with Gasteiger partial charge in [0.05, 0.1) is 19.3 Å². The number of nitrogens with zero attached hydrogens (tertiary/aromatic N) is 2. The van der Waals surface area contributed by atoms with E-state index in [4.69, 9.17) is 15.5 Å². The molecule has 1 aromatic heterocycles. The highest BCUT2D eigenvalue weighted by atomic mass is 127. The Bertz CT molecular complexity index is 718. The Morgan fingerprint density at radius 3 is 2.92 bits per heavy atom. The van der Waals surface area contributed by atoms with Gasteiger partial charge in [-0.05, 0) is 49.4 Å². The third-order valence-corrected chi connectivity index (χ3v) is 3.99. The molecule has 0 saturated carbocycles. The highest BCUT2D eigenvalue weighted by Gasteiger charge is 2.10. The van der Waals surface area contributed by atoms with Gasteiger partial charge in [0.15, 0.2) is 5.96 Å². The average Bonchev–Trinajstić information content (AvgIpc) is 2.60. The lowest BCUT2D eigenvalue weighted by Crippen LogP contribution is -2.22. The van der Waals surface area contributed by atoms with Crippen LogP contribution in [0.15, 0.2) is 41.4 Å². The number of methoxy groups -OCH3 is 1. The van der Waals surface area contributed by atoms with E-state index in [2.05, 4.69) is 16.4 Å². The van der Waals surface area contributed by atoms with E-state index >= 15 is 0 Å². The van der Waals surface area contributed by atoms with E-state index in [0.717, 1.165) is 30.0 Å². The number of aliphatic imine (C=N–C) groups is 1. The van der Waals surface area contributed by atoms with E-state index in [1.165, 1.54) is 24.1 Å². The van der Waals surface area contributed by atoms with Gasteiger partial charge in [-0.15, -0.1) is 24.0 Å². The number of pyridine rings is 1. The summed E-state index contributed by atoms with van der Waals surface area (Å²) in [5.74, 6) is 1.15. The zero-order valence-corrected chi connectivity index (χ0v) is 16.1. The van der Waals surface area contributed by atoms with E-state index in [-0.39, 0.29) is 24.0 Å². The first-order valence-electron chi connectivity index (χ1n) is 7.93. The molecule has 0 atom stereocenters. The maximum atomic E-state index is 5.95. The highest BCUT2D eigenvalue weighted by Crippen LogP contribution is 2.20. The predicted molar refractivity (Wildman–Crippen MR) is 108 cm³/mol. The summed E-state index contributed by atoms with van der Waals surface area (Å²) >= 11 is 0. The number of nitrogens with one attached hydrogen (secondary N) is 1. The molecule has 0 spiro atoms. The normalized spacial score (nSPS) is 13.6. The van der Waals surface area contributed by atoms with Crippen LogP contribution in [0.5, 0.6) is 5.75 Å². The number of halogens is 1. The van der Waals surface area contributed by atoms with Crippen molar-refractivity contribution in [2.45, 2.75) is 32.2 Å². The molecule has 3 N–H and O–H groups in total. The zero-order chi connectivity index (χ0) is 16.1. The van der Waals surface area contributed by atoms with Gasteiger partial charge < -0.3 is 15.8 Å². The smallest absolute Gasteiger partial charge is 0.193 e. The molecule has 6 heteroatoms. The third-order valence-electron chi connectivity index (χ3n) is 3.99. The molecule has 3 rings (SSSR count). The third kappa shape index (κ3) is 4.83. The van der Waals surface area contributed by atoms with Gasteiger partial charge >= 0.3 is 0 Å². The Kier molecular flexibility index (Phi) is 6.84. The average molecular weight is 438 g/mol. The van der Waals surface area contributed by atoms with Gasteiger partial charge in [0.1, 0.15) is 5.75 Å². The van der Waals surface area contributed by atoms with Crippen LogP contribution in [0.3, 0.4) is 0 Å². The Morgan fingerprint density at radius 2 is 2.08 bits per heavy atom. The molecule has 128 valence electrons. The van der Waals surface area contributed by atoms with Crippen LogP contribution in [-0.4, -0.2) is 18.1 Å². The fraction of sp³-hybridized carbons (Fsp3) is 0.333. The van der Waals surface area contributed by atoms with Crippen molar-refractivity contribution >= 4 is 35.6 Å². The monoisotopic (exact) mass is 438 g/mol. The number of guanidine groups is 1. The molecular weight excluding hydrogens is 415 g/mol. The van der Waals surface area contributed by atoms with E-state index in [1.807, 2.05) is 30.3 Å². The molecule has 0 radical (unpaired) electrons. The largest absolute Gasteiger partial charge is 0.497 e. The zero-order valence-electron chi connectivity index (χ0n) is 13.8. The van der Waals surface area contributed by atoms with Gasteiger partial charge in [-0.3, -0.25) is 4.98 Å². The maximum absolute atomic E-state index is 5.95. The Balaban J connectivity index is 0.00000208. The van der Waals surface area contributed by atoms with Crippen LogP contribution in [0.1, 0.15) is 29.8 Å². The van der Waals surface area contributed by atoms with Crippen LogP contribution in [-0.2, 0) is 19.4 Å². The van der Waals surface area contributed by atoms with Crippen molar-refractivity contribution in [3.8, 4) is 5.75 Å². The molecule has 0 unspecified atom stereocenters. The second-order valence-electron chi connectivity index (χ2n) is 5.67. The second-order valence-corrected chi connectivity index (χ2v) is 5.67. The SMILES string of the molecule is COc1cccc(NC(N)=NCc2ccc3c(n2)CCCC3)c1.I. The summed E-state index contributed by atoms with van der Waals surface area (Å²) in [7, 11) is 1.64. The Labute approximate surface area is 159 Å². The molecular formula is C18H23IN4O. The van der Waals surface area contributed by atoms with Crippen molar-refractivity contribution in [2.24, 2.45) is 10.7 Å². The number of rotatable bonds is 4. The van der Waals surface area contributed by atoms with Crippen LogP contribution in [0, 0.1) is 0 Å². The quantitative estimate of drug-likeness (QED) is 0.436. The van der Waals surface area contributed by atoms with Crippen molar-refractivity contribution in [3.63, 3.8) is 0 Å². The van der Waals surface area contributed by atoms with Gasteiger partial charge in [-0.25, -0.2) is 4.99 Å². The minimum atomic E-state index is 0. The predicted octanol–water partition coefficient (Wildman–Crippen LogP) is 3.51. The Hall–Kier alpha value is -1.83. The number of aryl methyl sites for hydroxylation is 2. The lowest BCUT2D eigenvalue weighted by molar-refractivity contribution is 0.415. The number of hydrogen-bond acceptors (Lipinski definition) is 3. The number of anilines is 1. The van der Waals surface area contributed by atoms with E-state index < -0.39 is 0 Å². The summed E-state index contributed by atoms with van der Waals surface area (Å²) in [6.07, 6.45) is 4.71. The lowest BCUT2D eigenvalue weighted by atomic mass is 9.96. The second kappa shape index (κ2) is 8.86. The number of fused-ring (bicyclic) bond motifs is 1. The van der Waals surface area contributed by atoms with Crippen LogP contribution < -0.4 is 15.8 Å². The summed E-state index contributed by atoms with van der Waals surface area (Å²) in [5.41, 5.74) is 10.4. The molecule has 0 aliphatic heterocycles. The first kappa shape index (κ1) is 18.5. The van der Waals surface area contributed by atoms with Crippen molar-refractivity contribution < 1.29 is 4.74 Å². The molecule has 1 aliphatic rings. The van der Waals surface area contributed by atoms with E-state index in [9.17, 15) is 0 Å². The topological polar surface area (TPSA) is 72.5 Å². The van der Waals surface area contributed by atoms with Crippen molar-refractivity contribution in [3.05, 3.63) is 53.3 Å². The fourth-order valence-electron chi connectivity index (χ4n) is 2.77. The first-order chi connectivity index (χ1) is 11.2. The van der Waals surface area contributed by atoms with Gasteiger partial charge in [-0.1, -0.05) is 12.1 Å². The minimum Gasteiger partial charge on any atom is -0.497 e. The summed E-state index contributed by atoms with van der Waals surface area (Å²) in [4.78, 5) is 9.08. The van der Waals surface area contributed by atoms with Gasteiger partial charge in [-0.2, -0.15) is 0 Å². The molecule has 1 aliphatic carbocycles. The van der Waals surface area contributed by atoms with Crippen LogP contribution in [0.2, 0.25) is 0 Å². The number of nitrogens with two attached hydrogens (primary N) is 1. The van der Waals surface area contributed by atoms with Gasteiger partial charge in [0, 0.05) is 17.4 Å². The molecule has 5 nitrogen and oxygen atoms in total. The highest BCUT2D eigenvalue weighted by molar-refractivity contribution is 14.0. The maximum Gasteiger partial charge on any atom is 0.193 e. The molecule has 0 bridgehead atoms. The number of aromatic nitrogens is 1. The van der Waals surface area contributed by atoms with Crippen molar-refractivity contribution in [2.75, 3.05) is 12.4 Å². The molecule has 0 amide bonds. The van der Waals surface area contributed by atoms with Crippen LogP contribution in [0.25, 0.3) is 0 Å². The number of hydrogen-bond donors (Lipinski definition) is 2. The van der Waals surface area contributed by atoms with Crippen molar-refractivity contribution in [1.82, 2.24) is 4.98 Å². The fourth-order valence-corrected chi connectivity index (χ4v) is 2.77. The first-order valence-corrected chi connectivity index (χ1v) is 7.93. The summed E-state index contributed by atoms with van der Waals surface area (Å²) in [5, 5.41) is 3.07. The molecule has 0 fully saturated rings. The van der Waals surface area contributed by atoms with Gasteiger partial charge in [0.2, 0.25) is 0 Å². The molecule has 2 aromatic rings. The lowest BCUT2D eigenvalue weighted by Gasteiger charge is -2.15. The number of ether oxygens (including phenoxy) is 1. The summed E-state index contributed by atoms with van der Waals surface area (Å²) in [6.45, 7) is 0.482. The molecule has 0 saturated heterocycles. The van der Waals surface area contributed by atoms with E-state index in [0.29, 0.717) is 12.5 Å².